The maximum absolute atomic E-state index is 12.4. The van der Waals surface area contributed by atoms with Crippen molar-refractivity contribution in [1.29, 1.82) is 0 Å². The zero-order valence-corrected chi connectivity index (χ0v) is 15.8. The molecule has 0 radical (unpaired) electrons. The minimum atomic E-state index is -0.452. The molecule has 0 unspecified atom stereocenters. The molecule has 0 amide bonds. The summed E-state index contributed by atoms with van der Waals surface area (Å²) in [6.45, 7) is 0.233. The number of nitrogens with zero attached hydrogens (tertiary/aromatic N) is 1. The van der Waals surface area contributed by atoms with Gasteiger partial charge in [-0.15, -0.1) is 0 Å². The molecule has 6 nitrogen and oxygen atoms in total. The van der Waals surface area contributed by atoms with E-state index in [1.165, 1.54) is 12.1 Å². The molecule has 1 heterocycles. The fourth-order valence-corrected chi connectivity index (χ4v) is 3.02. The van der Waals surface area contributed by atoms with Crippen LogP contribution in [-0.2, 0) is 6.61 Å². The van der Waals surface area contributed by atoms with Crippen LogP contribution in [0.5, 0.6) is 5.75 Å². The molecule has 144 valence electrons. The number of benzene rings is 3. The number of rotatable bonds is 5. The van der Waals surface area contributed by atoms with Crippen molar-refractivity contribution in [3.05, 3.63) is 104 Å². The molecule has 7 heteroatoms. The van der Waals surface area contributed by atoms with Gasteiger partial charge in [0.05, 0.1) is 10.5 Å². The minimum absolute atomic E-state index is 0.0257. The second-order valence-corrected chi connectivity index (χ2v) is 6.80. The summed E-state index contributed by atoms with van der Waals surface area (Å²) in [7, 11) is 0. The van der Waals surface area contributed by atoms with Crippen molar-refractivity contribution in [2.45, 2.75) is 6.61 Å². The highest BCUT2D eigenvalue weighted by Crippen LogP contribution is 2.26. The first kappa shape index (κ1) is 18.7. The molecule has 0 saturated heterocycles. The van der Waals surface area contributed by atoms with E-state index >= 15 is 0 Å². The molecule has 0 bridgehead atoms. The molecule has 0 aliphatic carbocycles. The molecule has 0 fully saturated rings. The summed E-state index contributed by atoms with van der Waals surface area (Å²) >= 11 is 5.90. The predicted molar refractivity (Wildman–Crippen MR) is 110 cm³/mol. The molecule has 3 aromatic carbocycles. The average Bonchev–Trinajstić information content (AvgIpc) is 2.72. The zero-order chi connectivity index (χ0) is 20.4. The quantitative estimate of drug-likeness (QED) is 0.244. The molecular weight excluding hydrogens is 394 g/mol. The number of fused-ring (bicyclic) bond motifs is 1. The van der Waals surface area contributed by atoms with Crippen LogP contribution in [0, 0.1) is 10.1 Å². The summed E-state index contributed by atoms with van der Waals surface area (Å²) in [5.74, 6) is 0.526. The summed E-state index contributed by atoms with van der Waals surface area (Å²) in [6.07, 6.45) is 0. The Morgan fingerprint density at radius 1 is 0.966 bits per heavy atom. The second kappa shape index (κ2) is 7.77. The molecule has 4 aromatic rings. The van der Waals surface area contributed by atoms with Crippen LogP contribution in [0.25, 0.3) is 22.1 Å². The van der Waals surface area contributed by atoms with E-state index in [0.717, 1.165) is 16.5 Å². The van der Waals surface area contributed by atoms with Crippen LogP contribution in [0.2, 0.25) is 5.02 Å². The summed E-state index contributed by atoms with van der Waals surface area (Å²) in [4.78, 5) is 22.7. The van der Waals surface area contributed by atoms with Gasteiger partial charge in [-0.25, -0.2) is 4.79 Å². The first-order valence-electron chi connectivity index (χ1n) is 8.69. The van der Waals surface area contributed by atoms with Crippen LogP contribution in [0.15, 0.2) is 82.0 Å². The SMILES string of the molecule is O=c1oc2cc(OCc3ccc([N+](=O)[O-])cc3)ccc2cc1-c1ccc(Cl)cc1. The molecule has 1 aromatic heterocycles. The minimum Gasteiger partial charge on any atom is -0.489 e. The van der Waals surface area contributed by atoms with E-state index in [9.17, 15) is 14.9 Å². The van der Waals surface area contributed by atoms with Crippen molar-refractivity contribution in [2.75, 3.05) is 0 Å². The lowest BCUT2D eigenvalue weighted by Crippen LogP contribution is -2.03. The number of hydrogen-bond donors (Lipinski definition) is 0. The van der Waals surface area contributed by atoms with Crippen molar-refractivity contribution in [3.63, 3.8) is 0 Å². The molecule has 4 rings (SSSR count). The Balaban J connectivity index is 1.56. The van der Waals surface area contributed by atoms with E-state index in [1.807, 2.05) is 6.07 Å². The first-order valence-corrected chi connectivity index (χ1v) is 9.07. The number of nitro benzene ring substituents is 1. The van der Waals surface area contributed by atoms with E-state index in [-0.39, 0.29) is 12.3 Å². The number of ether oxygens (including phenoxy) is 1. The van der Waals surface area contributed by atoms with Gasteiger partial charge in [0.2, 0.25) is 0 Å². The molecule has 0 saturated carbocycles. The van der Waals surface area contributed by atoms with Gasteiger partial charge in [-0.05, 0) is 53.6 Å². The van der Waals surface area contributed by atoms with Crippen molar-refractivity contribution >= 4 is 28.3 Å². The smallest absolute Gasteiger partial charge is 0.344 e. The molecular formula is C22H14ClNO5. The third-order valence-electron chi connectivity index (χ3n) is 4.42. The Morgan fingerprint density at radius 3 is 2.38 bits per heavy atom. The second-order valence-electron chi connectivity index (χ2n) is 6.37. The molecule has 0 aliphatic heterocycles. The lowest BCUT2D eigenvalue weighted by atomic mass is 10.1. The summed E-state index contributed by atoms with van der Waals surface area (Å²) in [5, 5.41) is 12.1. The highest BCUT2D eigenvalue weighted by atomic mass is 35.5. The Kier molecular flexibility index (Phi) is 5.01. The van der Waals surface area contributed by atoms with Gasteiger partial charge in [0, 0.05) is 28.6 Å². The average molecular weight is 408 g/mol. The van der Waals surface area contributed by atoms with Crippen LogP contribution in [0.4, 0.5) is 5.69 Å². The normalized spacial score (nSPS) is 10.8. The van der Waals surface area contributed by atoms with Crippen molar-refractivity contribution in [3.8, 4) is 16.9 Å². The summed E-state index contributed by atoms with van der Waals surface area (Å²) in [6, 6.07) is 20.1. The highest BCUT2D eigenvalue weighted by Gasteiger charge is 2.09. The van der Waals surface area contributed by atoms with Crippen LogP contribution in [-0.4, -0.2) is 4.92 Å². The lowest BCUT2D eigenvalue weighted by Gasteiger charge is -2.08. The zero-order valence-electron chi connectivity index (χ0n) is 15.0. The first-order chi connectivity index (χ1) is 14.0. The van der Waals surface area contributed by atoms with Gasteiger partial charge in [0.1, 0.15) is 17.9 Å². The predicted octanol–water partition coefficient (Wildman–Crippen LogP) is 5.60. The largest absolute Gasteiger partial charge is 0.489 e. The van der Waals surface area contributed by atoms with Gasteiger partial charge < -0.3 is 9.15 Å². The van der Waals surface area contributed by atoms with Gasteiger partial charge in [0.15, 0.2) is 0 Å². The van der Waals surface area contributed by atoms with E-state index in [2.05, 4.69) is 0 Å². The Labute approximate surface area is 170 Å². The van der Waals surface area contributed by atoms with Gasteiger partial charge in [-0.3, -0.25) is 10.1 Å². The van der Waals surface area contributed by atoms with Crippen molar-refractivity contribution < 1.29 is 14.1 Å². The van der Waals surface area contributed by atoms with Gasteiger partial charge in [-0.2, -0.15) is 0 Å². The van der Waals surface area contributed by atoms with Crippen LogP contribution < -0.4 is 10.4 Å². The number of hydrogen-bond acceptors (Lipinski definition) is 5. The van der Waals surface area contributed by atoms with Crippen molar-refractivity contribution in [2.24, 2.45) is 0 Å². The highest BCUT2D eigenvalue weighted by molar-refractivity contribution is 6.30. The molecule has 0 N–H and O–H groups in total. The third-order valence-corrected chi connectivity index (χ3v) is 4.67. The van der Waals surface area contributed by atoms with Crippen molar-refractivity contribution in [1.82, 2.24) is 0 Å². The molecule has 0 atom stereocenters. The standard InChI is InChI=1S/C22H14ClNO5/c23-17-6-3-15(4-7-17)20-11-16-5-10-19(12-21(16)29-22(20)25)28-13-14-1-8-18(9-2-14)24(26)27/h1-12H,13H2. The molecule has 0 spiro atoms. The van der Waals surface area contributed by atoms with E-state index in [1.54, 1.807) is 54.6 Å². The maximum Gasteiger partial charge on any atom is 0.344 e. The third kappa shape index (κ3) is 4.12. The van der Waals surface area contributed by atoms with Crippen LogP contribution in [0.3, 0.4) is 0 Å². The van der Waals surface area contributed by atoms with Crippen LogP contribution in [0.1, 0.15) is 5.56 Å². The van der Waals surface area contributed by atoms with Gasteiger partial charge in [-0.1, -0.05) is 23.7 Å². The summed E-state index contributed by atoms with van der Waals surface area (Å²) < 4.78 is 11.2. The fourth-order valence-electron chi connectivity index (χ4n) is 2.89. The summed E-state index contributed by atoms with van der Waals surface area (Å²) in [5.41, 5.74) is 1.95. The molecule has 0 aliphatic rings. The Hall–Kier alpha value is -3.64. The van der Waals surface area contributed by atoms with E-state index in [0.29, 0.717) is 21.9 Å². The number of nitro groups is 1. The number of halogens is 1. The maximum atomic E-state index is 12.4. The van der Waals surface area contributed by atoms with Gasteiger partial charge >= 0.3 is 5.63 Å². The fraction of sp³-hybridized carbons (Fsp3) is 0.0455. The van der Waals surface area contributed by atoms with E-state index < -0.39 is 10.5 Å². The van der Waals surface area contributed by atoms with Gasteiger partial charge in [0.25, 0.3) is 5.69 Å². The Morgan fingerprint density at radius 2 is 1.69 bits per heavy atom. The number of non-ortho nitro benzene ring substituents is 1. The monoisotopic (exact) mass is 407 g/mol. The lowest BCUT2D eigenvalue weighted by molar-refractivity contribution is -0.384. The topological polar surface area (TPSA) is 82.6 Å². The van der Waals surface area contributed by atoms with Crippen LogP contribution >= 0.6 is 11.6 Å². The molecule has 29 heavy (non-hydrogen) atoms. The van der Waals surface area contributed by atoms with E-state index in [4.69, 9.17) is 20.8 Å². The Bertz CT molecular complexity index is 1250.